The van der Waals surface area contributed by atoms with Gasteiger partial charge >= 0.3 is 0 Å². The first-order valence-electron chi connectivity index (χ1n) is 3.15. The van der Waals surface area contributed by atoms with E-state index in [1.165, 1.54) is 0 Å². The summed E-state index contributed by atoms with van der Waals surface area (Å²) in [5.74, 6) is 0. The molecule has 3 nitrogen and oxygen atoms in total. The van der Waals surface area contributed by atoms with Crippen LogP contribution in [-0.4, -0.2) is 15.4 Å². The Morgan fingerprint density at radius 3 is 2.91 bits per heavy atom. The summed E-state index contributed by atoms with van der Waals surface area (Å²) in [6.07, 6.45) is 1.64. The van der Waals surface area contributed by atoms with Gasteiger partial charge in [-0.3, -0.25) is 0 Å². The van der Waals surface area contributed by atoms with Crippen molar-refractivity contribution in [3.63, 3.8) is 0 Å². The average Bonchev–Trinajstić information content (AvgIpc) is 2.58. The summed E-state index contributed by atoms with van der Waals surface area (Å²) < 4.78 is 0. The van der Waals surface area contributed by atoms with Crippen LogP contribution in [0.4, 0.5) is 0 Å². The summed E-state index contributed by atoms with van der Waals surface area (Å²) in [6.45, 7) is 0. The van der Waals surface area contributed by atoms with Crippen LogP contribution in [0.15, 0.2) is 29.8 Å². The minimum Gasteiger partial charge on any atom is -0.142 e. The SMILES string of the molecule is c1csc(-c2ccnnn2)c1. The fourth-order valence-electron chi connectivity index (χ4n) is 0.797. The van der Waals surface area contributed by atoms with Gasteiger partial charge in [0.1, 0.15) is 5.69 Å². The molecule has 0 unspecified atom stereocenters. The zero-order valence-corrected chi connectivity index (χ0v) is 6.45. The van der Waals surface area contributed by atoms with Gasteiger partial charge in [-0.1, -0.05) is 6.07 Å². The molecule has 0 saturated heterocycles. The highest BCUT2D eigenvalue weighted by Crippen LogP contribution is 2.20. The van der Waals surface area contributed by atoms with Gasteiger partial charge in [-0.25, -0.2) is 0 Å². The number of hydrogen-bond acceptors (Lipinski definition) is 4. The molecule has 0 bridgehead atoms. The summed E-state index contributed by atoms with van der Waals surface area (Å²) in [5.41, 5.74) is 0.884. The third-order valence-electron chi connectivity index (χ3n) is 1.28. The molecule has 0 radical (unpaired) electrons. The molecule has 0 N–H and O–H groups in total. The van der Waals surface area contributed by atoms with Crippen LogP contribution in [0.3, 0.4) is 0 Å². The van der Waals surface area contributed by atoms with Gasteiger partial charge in [-0.2, -0.15) is 0 Å². The topological polar surface area (TPSA) is 38.7 Å². The van der Waals surface area contributed by atoms with Crippen molar-refractivity contribution in [2.75, 3.05) is 0 Å². The van der Waals surface area contributed by atoms with Gasteiger partial charge in [0.2, 0.25) is 0 Å². The molecule has 0 spiro atoms. The van der Waals surface area contributed by atoms with Crippen molar-refractivity contribution in [3.8, 4) is 10.6 Å². The maximum atomic E-state index is 3.87. The van der Waals surface area contributed by atoms with E-state index in [-0.39, 0.29) is 0 Å². The lowest BCUT2D eigenvalue weighted by Crippen LogP contribution is -1.86. The highest BCUT2D eigenvalue weighted by molar-refractivity contribution is 7.13. The molecule has 2 heterocycles. The summed E-state index contributed by atoms with van der Waals surface area (Å²) in [6, 6.07) is 5.84. The highest BCUT2D eigenvalue weighted by atomic mass is 32.1. The number of aromatic nitrogens is 3. The fourth-order valence-corrected chi connectivity index (χ4v) is 1.49. The van der Waals surface area contributed by atoms with Crippen LogP contribution in [0.1, 0.15) is 0 Å². The van der Waals surface area contributed by atoms with Crippen molar-refractivity contribution >= 4 is 11.3 Å². The van der Waals surface area contributed by atoms with Gasteiger partial charge in [0, 0.05) is 0 Å². The smallest absolute Gasteiger partial charge is 0.106 e. The fraction of sp³-hybridized carbons (Fsp3) is 0. The lowest BCUT2D eigenvalue weighted by atomic mass is 10.3. The van der Waals surface area contributed by atoms with E-state index in [2.05, 4.69) is 15.4 Å². The van der Waals surface area contributed by atoms with Crippen molar-refractivity contribution in [2.45, 2.75) is 0 Å². The van der Waals surface area contributed by atoms with Crippen LogP contribution < -0.4 is 0 Å². The van der Waals surface area contributed by atoms with Gasteiger partial charge in [0.15, 0.2) is 0 Å². The molecule has 2 aromatic heterocycles. The molecule has 0 amide bonds. The number of thiophene rings is 1. The monoisotopic (exact) mass is 163 g/mol. The largest absolute Gasteiger partial charge is 0.142 e. The number of hydrogen-bond donors (Lipinski definition) is 0. The molecule has 0 saturated carbocycles. The normalized spacial score (nSPS) is 9.82. The first-order valence-corrected chi connectivity index (χ1v) is 4.03. The van der Waals surface area contributed by atoms with Crippen LogP contribution >= 0.6 is 11.3 Å². The Hall–Kier alpha value is -1.29. The molecular weight excluding hydrogens is 158 g/mol. The van der Waals surface area contributed by atoms with Crippen LogP contribution in [-0.2, 0) is 0 Å². The van der Waals surface area contributed by atoms with E-state index in [0.717, 1.165) is 10.6 Å². The van der Waals surface area contributed by atoms with Crippen molar-refractivity contribution < 1.29 is 0 Å². The number of rotatable bonds is 1. The second-order valence-corrected chi connectivity index (χ2v) is 2.93. The Kier molecular flexibility index (Phi) is 1.61. The summed E-state index contributed by atoms with van der Waals surface area (Å²) >= 11 is 1.65. The molecule has 2 rings (SSSR count). The van der Waals surface area contributed by atoms with E-state index < -0.39 is 0 Å². The Balaban J connectivity index is 2.46. The van der Waals surface area contributed by atoms with E-state index in [0.29, 0.717) is 0 Å². The van der Waals surface area contributed by atoms with E-state index >= 15 is 0 Å². The van der Waals surface area contributed by atoms with Gasteiger partial charge < -0.3 is 0 Å². The van der Waals surface area contributed by atoms with Crippen LogP contribution in [0.5, 0.6) is 0 Å². The van der Waals surface area contributed by atoms with Crippen LogP contribution in [0.25, 0.3) is 10.6 Å². The molecule has 4 heteroatoms. The predicted octanol–water partition coefficient (Wildman–Crippen LogP) is 1.60. The van der Waals surface area contributed by atoms with E-state index in [1.54, 1.807) is 17.5 Å². The Bertz CT molecular complexity index is 317. The van der Waals surface area contributed by atoms with Gasteiger partial charge in [-0.15, -0.1) is 21.5 Å². The molecule has 2 aromatic rings. The van der Waals surface area contributed by atoms with E-state index in [9.17, 15) is 0 Å². The quantitative estimate of drug-likeness (QED) is 0.641. The minimum absolute atomic E-state index is 0.884. The maximum absolute atomic E-state index is 3.87. The Morgan fingerprint density at radius 1 is 1.27 bits per heavy atom. The van der Waals surface area contributed by atoms with Crippen LogP contribution in [0.2, 0.25) is 0 Å². The van der Waals surface area contributed by atoms with Crippen molar-refractivity contribution in [1.29, 1.82) is 0 Å². The van der Waals surface area contributed by atoms with Crippen molar-refractivity contribution in [1.82, 2.24) is 15.4 Å². The molecule has 0 aliphatic carbocycles. The molecule has 0 fully saturated rings. The number of nitrogens with zero attached hydrogens (tertiary/aromatic N) is 3. The second kappa shape index (κ2) is 2.75. The van der Waals surface area contributed by atoms with Crippen molar-refractivity contribution in [3.05, 3.63) is 29.8 Å². The maximum Gasteiger partial charge on any atom is 0.106 e. The van der Waals surface area contributed by atoms with E-state index in [4.69, 9.17) is 0 Å². The molecular formula is C7H5N3S. The summed E-state index contributed by atoms with van der Waals surface area (Å²) in [5, 5.41) is 13.0. The Morgan fingerprint density at radius 2 is 2.27 bits per heavy atom. The Labute approximate surface area is 67.7 Å². The zero-order valence-electron chi connectivity index (χ0n) is 5.64. The minimum atomic E-state index is 0.884. The average molecular weight is 163 g/mol. The second-order valence-electron chi connectivity index (χ2n) is 1.98. The first-order chi connectivity index (χ1) is 5.47. The van der Waals surface area contributed by atoms with Crippen molar-refractivity contribution in [2.24, 2.45) is 0 Å². The van der Waals surface area contributed by atoms with Crippen LogP contribution in [0, 0.1) is 0 Å². The molecule has 0 aliphatic heterocycles. The molecule has 54 valence electrons. The third-order valence-corrected chi connectivity index (χ3v) is 2.17. The first kappa shape index (κ1) is 6.42. The van der Waals surface area contributed by atoms with E-state index in [1.807, 2.05) is 23.6 Å². The third kappa shape index (κ3) is 1.25. The zero-order chi connectivity index (χ0) is 7.52. The molecule has 0 aliphatic rings. The highest BCUT2D eigenvalue weighted by Gasteiger charge is 1.97. The standard InChI is InChI=1S/C7H5N3S/c1-2-7(11-5-1)6-3-4-8-10-9-6/h1-5H. The predicted molar refractivity (Wildman–Crippen MR) is 43.1 cm³/mol. The molecule has 0 aromatic carbocycles. The van der Waals surface area contributed by atoms with Gasteiger partial charge in [0.25, 0.3) is 0 Å². The lowest BCUT2D eigenvalue weighted by molar-refractivity contribution is 0.872. The summed E-state index contributed by atoms with van der Waals surface area (Å²) in [7, 11) is 0. The molecule has 0 atom stereocenters. The molecule has 11 heavy (non-hydrogen) atoms. The lowest BCUT2D eigenvalue weighted by Gasteiger charge is -1.89. The van der Waals surface area contributed by atoms with Gasteiger partial charge in [0.05, 0.1) is 11.1 Å². The summed E-state index contributed by atoms with van der Waals surface area (Å²) in [4.78, 5) is 1.12. The van der Waals surface area contributed by atoms with Gasteiger partial charge in [-0.05, 0) is 22.7 Å².